The van der Waals surface area contributed by atoms with Gasteiger partial charge in [-0.2, -0.15) is 5.10 Å². The van der Waals surface area contributed by atoms with Crippen LogP contribution in [0.3, 0.4) is 0 Å². The lowest BCUT2D eigenvalue weighted by molar-refractivity contribution is 0.103. The summed E-state index contributed by atoms with van der Waals surface area (Å²) in [5, 5.41) is 4.30. The molecule has 0 N–H and O–H groups in total. The summed E-state index contributed by atoms with van der Waals surface area (Å²) in [6.07, 6.45) is 1.46. The van der Waals surface area contributed by atoms with Crippen molar-refractivity contribution >= 4 is 60.6 Å². The van der Waals surface area contributed by atoms with Crippen LogP contribution < -0.4 is 0 Å². The normalized spacial score (nSPS) is 10.8. The standard InChI is InChI=1S/C9H5Br2ClN2OS/c1-14-7(5(12)3-13-14)8(15)4-2-6(10)16-9(4)11/h2-3H,1H3. The van der Waals surface area contributed by atoms with Gasteiger partial charge in [-0.15, -0.1) is 11.3 Å². The molecular formula is C9H5Br2ClN2OS. The zero-order chi connectivity index (χ0) is 11.9. The van der Waals surface area contributed by atoms with E-state index in [9.17, 15) is 4.79 Å². The molecule has 7 heteroatoms. The summed E-state index contributed by atoms with van der Waals surface area (Å²) in [5.74, 6) is -0.140. The number of aromatic nitrogens is 2. The second-order valence-corrected chi connectivity index (χ2v) is 7.19. The van der Waals surface area contributed by atoms with Crippen molar-refractivity contribution in [2.24, 2.45) is 7.05 Å². The van der Waals surface area contributed by atoms with Gasteiger partial charge in [0.25, 0.3) is 0 Å². The van der Waals surface area contributed by atoms with Gasteiger partial charge in [-0.3, -0.25) is 9.48 Å². The van der Waals surface area contributed by atoms with Crippen molar-refractivity contribution < 1.29 is 4.79 Å². The zero-order valence-electron chi connectivity index (χ0n) is 8.00. The molecular weight excluding hydrogens is 379 g/mol. The Morgan fingerprint density at radius 1 is 1.56 bits per heavy atom. The van der Waals surface area contributed by atoms with Crippen LogP contribution in [0.4, 0.5) is 0 Å². The van der Waals surface area contributed by atoms with Crippen LogP contribution in [-0.4, -0.2) is 15.6 Å². The minimum atomic E-state index is -0.140. The van der Waals surface area contributed by atoms with Gasteiger partial charge in [-0.1, -0.05) is 11.6 Å². The summed E-state index contributed by atoms with van der Waals surface area (Å²) in [6, 6.07) is 1.76. The number of thiophene rings is 1. The van der Waals surface area contributed by atoms with E-state index >= 15 is 0 Å². The number of carbonyl (C=O) groups excluding carboxylic acids is 1. The van der Waals surface area contributed by atoms with Gasteiger partial charge >= 0.3 is 0 Å². The Hall–Kier alpha value is -0.170. The molecule has 0 saturated carbocycles. The first kappa shape index (κ1) is 12.3. The highest BCUT2D eigenvalue weighted by molar-refractivity contribution is 9.12. The van der Waals surface area contributed by atoms with Gasteiger partial charge < -0.3 is 0 Å². The van der Waals surface area contributed by atoms with Crippen molar-refractivity contribution in [3.05, 3.63) is 36.1 Å². The maximum Gasteiger partial charge on any atom is 0.214 e. The molecule has 0 unspecified atom stereocenters. The number of nitrogens with zero attached hydrogens (tertiary/aromatic N) is 2. The van der Waals surface area contributed by atoms with Gasteiger partial charge in [-0.05, 0) is 37.9 Å². The summed E-state index contributed by atoms with van der Waals surface area (Å²) in [5.41, 5.74) is 0.982. The predicted octanol–water partition coefficient (Wildman–Crippen LogP) is 3.89. The third-order valence-electron chi connectivity index (χ3n) is 2.01. The molecule has 3 nitrogen and oxygen atoms in total. The van der Waals surface area contributed by atoms with Crippen LogP contribution in [0, 0.1) is 0 Å². The first-order valence-electron chi connectivity index (χ1n) is 4.17. The van der Waals surface area contributed by atoms with Crippen LogP contribution in [0.5, 0.6) is 0 Å². The van der Waals surface area contributed by atoms with Gasteiger partial charge in [0.2, 0.25) is 5.78 Å². The summed E-state index contributed by atoms with van der Waals surface area (Å²) >= 11 is 14.0. The number of ketones is 1. The molecule has 2 aromatic rings. The van der Waals surface area contributed by atoms with Crippen LogP contribution in [0.2, 0.25) is 5.02 Å². The molecule has 0 aliphatic rings. The molecule has 0 amide bonds. The third kappa shape index (κ3) is 2.11. The summed E-state index contributed by atoms with van der Waals surface area (Å²) in [6.45, 7) is 0. The highest BCUT2D eigenvalue weighted by Gasteiger charge is 2.21. The van der Waals surface area contributed by atoms with Crippen LogP contribution in [0.15, 0.2) is 19.8 Å². The number of halogens is 3. The van der Waals surface area contributed by atoms with E-state index in [1.807, 2.05) is 0 Å². The SMILES string of the molecule is Cn1ncc(Cl)c1C(=O)c1cc(Br)sc1Br. The Morgan fingerprint density at radius 2 is 2.25 bits per heavy atom. The summed E-state index contributed by atoms with van der Waals surface area (Å²) in [4.78, 5) is 12.2. The van der Waals surface area contributed by atoms with Gasteiger partial charge in [-0.25, -0.2) is 0 Å². The Labute approximate surface area is 118 Å². The number of rotatable bonds is 2. The topological polar surface area (TPSA) is 34.9 Å². The smallest absolute Gasteiger partial charge is 0.214 e. The quantitative estimate of drug-likeness (QED) is 0.737. The number of aryl methyl sites for hydroxylation is 1. The molecule has 0 aromatic carbocycles. The molecule has 84 valence electrons. The molecule has 2 heterocycles. The molecule has 2 rings (SSSR count). The van der Waals surface area contributed by atoms with E-state index in [1.165, 1.54) is 22.2 Å². The van der Waals surface area contributed by atoms with Gasteiger partial charge in [0.15, 0.2) is 0 Å². The van der Waals surface area contributed by atoms with Crippen molar-refractivity contribution in [3.63, 3.8) is 0 Å². The maximum absolute atomic E-state index is 12.2. The first-order chi connectivity index (χ1) is 7.50. The lowest BCUT2D eigenvalue weighted by Gasteiger charge is -2.00. The Morgan fingerprint density at radius 3 is 2.69 bits per heavy atom. The highest BCUT2D eigenvalue weighted by atomic mass is 79.9. The van der Waals surface area contributed by atoms with Gasteiger partial charge in [0, 0.05) is 7.05 Å². The van der Waals surface area contributed by atoms with E-state index in [0.717, 1.165) is 7.57 Å². The summed E-state index contributed by atoms with van der Waals surface area (Å²) < 4.78 is 3.14. The van der Waals surface area contributed by atoms with Crippen molar-refractivity contribution in [2.75, 3.05) is 0 Å². The van der Waals surface area contributed by atoms with Crippen molar-refractivity contribution in [1.29, 1.82) is 0 Å². The predicted molar refractivity (Wildman–Crippen MR) is 71.4 cm³/mol. The summed E-state index contributed by atoms with van der Waals surface area (Å²) in [7, 11) is 1.69. The average Bonchev–Trinajstić information content (AvgIpc) is 2.70. The van der Waals surface area contributed by atoms with E-state index in [2.05, 4.69) is 37.0 Å². The van der Waals surface area contributed by atoms with Crippen molar-refractivity contribution in [3.8, 4) is 0 Å². The van der Waals surface area contributed by atoms with E-state index in [1.54, 1.807) is 13.1 Å². The number of carbonyl (C=O) groups is 1. The Bertz CT molecular complexity index is 544. The van der Waals surface area contributed by atoms with Crippen LogP contribution in [0.1, 0.15) is 16.1 Å². The minimum Gasteiger partial charge on any atom is -0.287 e. The minimum absolute atomic E-state index is 0.140. The number of hydrogen-bond acceptors (Lipinski definition) is 3. The van der Waals surface area contributed by atoms with Crippen LogP contribution in [0.25, 0.3) is 0 Å². The van der Waals surface area contributed by atoms with E-state index < -0.39 is 0 Å². The van der Waals surface area contributed by atoms with E-state index in [0.29, 0.717) is 16.3 Å². The molecule has 0 radical (unpaired) electrons. The fraction of sp³-hybridized carbons (Fsp3) is 0.111. The molecule has 0 aliphatic heterocycles. The van der Waals surface area contributed by atoms with E-state index in [4.69, 9.17) is 11.6 Å². The molecule has 0 bridgehead atoms. The average molecular weight is 384 g/mol. The van der Waals surface area contributed by atoms with Crippen LogP contribution in [-0.2, 0) is 7.05 Å². The largest absolute Gasteiger partial charge is 0.287 e. The van der Waals surface area contributed by atoms with Gasteiger partial charge in [0.1, 0.15) is 5.69 Å². The highest BCUT2D eigenvalue weighted by Crippen LogP contribution is 2.34. The lowest BCUT2D eigenvalue weighted by atomic mass is 10.2. The van der Waals surface area contributed by atoms with Gasteiger partial charge in [0.05, 0.1) is 24.4 Å². The molecule has 0 fully saturated rings. The second-order valence-electron chi connectivity index (χ2n) is 3.03. The molecule has 0 aliphatic carbocycles. The molecule has 2 aromatic heterocycles. The molecule has 0 saturated heterocycles. The second kappa shape index (κ2) is 4.60. The first-order valence-corrected chi connectivity index (χ1v) is 6.95. The fourth-order valence-corrected chi connectivity index (χ4v) is 4.33. The number of hydrogen-bond donors (Lipinski definition) is 0. The van der Waals surface area contributed by atoms with Crippen LogP contribution >= 0.6 is 54.8 Å². The fourth-order valence-electron chi connectivity index (χ4n) is 1.29. The van der Waals surface area contributed by atoms with Crippen molar-refractivity contribution in [2.45, 2.75) is 0 Å². The molecule has 0 atom stereocenters. The van der Waals surface area contributed by atoms with Crippen molar-refractivity contribution in [1.82, 2.24) is 9.78 Å². The van der Waals surface area contributed by atoms with E-state index in [-0.39, 0.29) is 5.78 Å². The molecule has 0 spiro atoms. The molecule has 16 heavy (non-hydrogen) atoms. The lowest BCUT2D eigenvalue weighted by Crippen LogP contribution is -2.08. The third-order valence-corrected chi connectivity index (χ3v) is 4.63. The maximum atomic E-state index is 12.2. The zero-order valence-corrected chi connectivity index (χ0v) is 12.7. The monoisotopic (exact) mass is 382 g/mol. The Kier molecular flexibility index (Phi) is 3.53. The Balaban J connectivity index is 2.51.